The lowest BCUT2D eigenvalue weighted by Gasteiger charge is -2.28. The molecule has 0 bridgehead atoms. The van der Waals surface area contributed by atoms with Crippen LogP contribution in [0.3, 0.4) is 0 Å². The molecule has 0 aliphatic carbocycles. The van der Waals surface area contributed by atoms with E-state index in [0.29, 0.717) is 11.7 Å². The average Bonchev–Trinajstić information content (AvgIpc) is 3.40. The molecule has 5 rings (SSSR count). The molecule has 0 unspecified atom stereocenters. The Bertz CT molecular complexity index is 1130. The van der Waals surface area contributed by atoms with Gasteiger partial charge < -0.3 is 14.8 Å². The van der Waals surface area contributed by atoms with Crippen molar-refractivity contribution in [3.05, 3.63) is 109 Å². The molecule has 0 radical (unpaired) electrons. The van der Waals surface area contributed by atoms with Gasteiger partial charge in [0.2, 0.25) is 0 Å². The normalized spacial score (nSPS) is 18.4. The maximum Gasteiger partial charge on any atom is 0.170 e. The highest BCUT2D eigenvalue weighted by Gasteiger charge is 2.41. The maximum absolute atomic E-state index is 5.76. The highest BCUT2D eigenvalue weighted by molar-refractivity contribution is 7.80. The molecular formula is C23H20N6S. The van der Waals surface area contributed by atoms with Gasteiger partial charge in [-0.3, -0.25) is 9.97 Å². The highest BCUT2D eigenvalue weighted by Crippen LogP contribution is 2.40. The summed E-state index contributed by atoms with van der Waals surface area (Å²) in [6.07, 6.45) is 7.46. The van der Waals surface area contributed by atoms with Crippen LogP contribution >= 0.6 is 12.2 Å². The number of aromatic nitrogens is 4. The third-order valence-electron chi connectivity index (χ3n) is 5.24. The Balaban J connectivity index is 1.60. The summed E-state index contributed by atoms with van der Waals surface area (Å²) in [5.74, 6) is 0.868. The van der Waals surface area contributed by atoms with E-state index in [-0.39, 0.29) is 12.1 Å². The van der Waals surface area contributed by atoms with E-state index in [4.69, 9.17) is 12.2 Å². The van der Waals surface area contributed by atoms with Crippen molar-refractivity contribution in [2.45, 2.75) is 18.6 Å². The smallest absolute Gasteiger partial charge is 0.170 e. The third-order valence-corrected chi connectivity index (χ3v) is 5.59. The quantitative estimate of drug-likeness (QED) is 0.503. The minimum Gasteiger partial charge on any atom is -0.352 e. The Kier molecular flexibility index (Phi) is 4.94. The fourth-order valence-corrected chi connectivity index (χ4v) is 4.21. The second kappa shape index (κ2) is 8.04. The lowest BCUT2D eigenvalue weighted by molar-refractivity contribution is 0.299. The van der Waals surface area contributed by atoms with Crippen LogP contribution < -0.4 is 5.32 Å². The molecule has 4 aromatic heterocycles. The molecule has 1 saturated heterocycles. The molecule has 7 heteroatoms. The molecular weight excluding hydrogens is 392 g/mol. The molecule has 0 spiro atoms. The molecule has 1 aliphatic heterocycles. The minimum absolute atomic E-state index is 0.0635. The monoisotopic (exact) mass is 412 g/mol. The molecule has 0 amide bonds. The van der Waals surface area contributed by atoms with E-state index in [9.17, 15) is 0 Å². The van der Waals surface area contributed by atoms with E-state index in [2.05, 4.69) is 35.8 Å². The largest absolute Gasteiger partial charge is 0.352 e. The van der Waals surface area contributed by atoms with E-state index >= 15 is 0 Å². The molecule has 0 aromatic carbocycles. The fourth-order valence-electron chi connectivity index (χ4n) is 3.90. The first-order chi connectivity index (χ1) is 14.8. The first-order valence-corrected chi connectivity index (χ1v) is 10.2. The van der Waals surface area contributed by atoms with Gasteiger partial charge in [0.05, 0.1) is 30.0 Å². The number of pyridine rings is 3. The van der Waals surface area contributed by atoms with Gasteiger partial charge in [-0.25, -0.2) is 4.98 Å². The lowest BCUT2D eigenvalue weighted by atomic mass is 10.0. The zero-order valence-electron chi connectivity index (χ0n) is 16.2. The van der Waals surface area contributed by atoms with E-state index in [0.717, 1.165) is 22.9 Å². The third kappa shape index (κ3) is 3.44. The van der Waals surface area contributed by atoms with Crippen molar-refractivity contribution in [3.8, 4) is 5.82 Å². The Hall–Kier alpha value is -3.58. The van der Waals surface area contributed by atoms with Crippen molar-refractivity contribution in [3.63, 3.8) is 0 Å². The number of hydrogen-bond donors (Lipinski definition) is 1. The van der Waals surface area contributed by atoms with Crippen LogP contribution in [0.5, 0.6) is 0 Å². The van der Waals surface area contributed by atoms with Gasteiger partial charge in [0, 0.05) is 30.5 Å². The van der Waals surface area contributed by atoms with Crippen molar-refractivity contribution in [1.29, 1.82) is 0 Å². The van der Waals surface area contributed by atoms with Gasteiger partial charge >= 0.3 is 0 Å². The predicted molar refractivity (Wildman–Crippen MR) is 119 cm³/mol. The SMILES string of the molecule is S=C1N[C@H](c2ccccn2)[C@@H](c2cccn2-c2ccccn2)N1Cc1ccccn1. The minimum atomic E-state index is -0.0835. The molecule has 30 heavy (non-hydrogen) atoms. The van der Waals surface area contributed by atoms with Crippen LogP contribution in [0.25, 0.3) is 5.82 Å². The van der Waals surface area contributed by atoms with Crippen molar-refractivity contribution < 1.29 is 0 Å². The Morgan fingerprint density at radius 3 is 2.30 bits per heavy atom. The number of nitrogens with one attached hydrogen (secondary N) is 1. The van der Waals surface area contributed by atoms with Gasteiger partial charge in [-0.1, -0.05) is 18.2 Å². The van der Waals surface area contributed by atoms with Gasteiger partial charge in [0.25, 0.3) is 0 Å². The van der Waals surface area contributed by atoms with Gasteiger partial charge in [-0.05, 0) is 60.7 Å². The molecule has 6 nitrogen and oxygen atoms in total. The summed E-state index contributed by atoms with van der Waals surface area (Å²) >= 11 is 5.76. The van der Waals surface area contributed by atoms with Crippen LogP contribution in [-0.4, -0.2) is 29.5 Å². The van der Waals surface area contributed by atoms with Gasteiger partial charge in [-0.2, -0.15) is 0 Å². The van der Waals surface area contributed by atoms with Crippen LogP contribution in [0.1, 0.15) is 29.2 Å². The summed E-state index contributed by atoms with van der Waals surface area (Å²) in [5, 5.41) is 4.18. The van der Waals surface area contributed by atoms with Gasteiger partial charge in [-0.15, -0.1) is 0 Å². The second-order valence-electron chi connectivity index (χ2n) is 7.07. The van der Waals surface area contributed by atoms with Crippen LogP contribution in [0.15, 0.2) is 91.5 Å². The van der Waals surface area contributed by atoms with Gasteiger partial charge in [0.15, 0.2) is 5.11 Å². The maximum atomic E-state index is 5.76. The number of hydrogen-bond acceptors (Lipinski definition) is 4. The summed E-state index contributed by atoms with van der Waals surface area (Å²) in [6.45, 7) is 0.605. The van der Waals surface area contributed by atoms with Gasteiger partial charge in [0.1, 0.15) is 5.82 Å². The lowest BCUT2D eigenvalue weighted by Crippen LogP contribution is -2.30. The Labute approximate surface area is 180 Å². The first-order valence-electron chi connectivity index (χ1n) is 9.78. The summed E-state index contributed by atoms with van der Waals surface area (Å²) in [7, 11) is 0. The summed E-state index contributed by atoms with van der Waals surface area (Å²) < 4.78 is 2.11. The van der Waals surface area contributed by atoms with E-state index in [1.807, 2.05) is 79.3 Å². The molecule has 4 aromatic rings. The molecule has 0 saturated carbocycles. The van der Waals surface area contributed by atoms with E-state index in [1.54, 1.807) is 6.20 Å². The summed E-state index contributed by atoms with van der Waals surface area (Å²) in [4.78, 5) is 15.8. The topological polar surface area (TPSA) is 58.9 Å². The van der Waals surface area contributed by atoms with E-state index < -0.39 is 0 Å². The number of thiocarbonyl (C=S) groups is 1. The van der Waals surface area contributed by atoms with Crippen molar-refractivity contribution in [2.24, 2.45) is 0 Å². The second-order valence-corrected chi connectivity index (χ2v) is 7.45. The zero-order chi connectivity index (χ0) is 20.3. The molecule has 1 fully saturated rings. The molecule has 2 atom stereocenters. The van der Waals surface area contributed by atoms with Crippen LogP contribution in [0, 0.1) is 0 Å². The molecule has 5 heterocycles. The average molecular weight is 413 g/mol. The zero-order valence-corrected chi connectivity index (χ0v) is 17.0. The van der Waals surface area contributed by atoms with Crippen LogP contribution in [0.2, 0.25) is 0 Å². The molecule has 1 aliphatic rings. The fraction of sp³-hybridized carbons (Fsp3) is 0.130. The first kappa shape index (κ1) is 18.4. The number of nitrogens with zero attached hydrogens (tertiary/aromatic N) is 5. The Morgan fingerprint density at radius 2 is 1.60 bits per heavy atom. The summed E-state index contributed by atoms with van der Waals surface area (Å²) in [6, 6.07) is 21.8. The predicted octanol–water partition coefficient (Wildman–Crippen LogP) is 3.84. The van der Waals surface area contributed by atoms with Crippen molar-refractivity contribution in [2.75, 3.05) is 0 Å². The van der Waals surface area contributed by atoms with Crippen molar-refractivity contribution in [1.82, 2.24) is 29.7 Å². The highest BCUT2D eigenvalue weighted by atomic mass is 32.1. The van der Waals surface area contributed by atoms with Crippen LogP contribution in [0.4, 0.5) is 0 Å². The molecule has 148 valence electrons. The standard InChI is InChI=1S/C23H20N6S/c30-23-27-21(18-9-2-5-13-25-18)22(29(23)16-17-8-1-4-12-24-17)19-10-7-15-28(19)20-11-3-6-14-26-20/h1-15,21-22H,16H2,(H,27,30)/t21-,22-/m1/s1. The summed E-state index contributed by atoms with van der Waals surface area (Å²) in [5.41, 5.74) is 3.00. The van der Waals surface area contributed by atoms with Crippen LogP contribution in [-0.2, 0) is 6.54 Å². The van der Waals surface area contributed by atoms with Crippen molar-refractivity contribution >= 4 is 17.3 Å². The van der Waals surface area contributed by atoms with E-state index in [1.165, 1.54) is 0 Å². The Morgan fingerprint density at radius 1 is 0.833 bits per heavy atom. The molecule has 1 N–H and O–H groups in total. The number of rotatable bonds is 5.